The van der Waals surface area contributed by atoms with Gasteiger partial charge < -0.3 is 9.47 Å². The highest BCUT2D eigenvalue weighted by Crippen LogP contribution is 2.29. The molecule has 3 nitrogen and oxygen atoms in total. The Balaban J connectivity index is 2.14. The summed E-state index contributed by atoms with van der Waals surface area (Å²) in [5.41, 5.74) is 0.399. The number of alkyl halides is 3. The second-order valence-electron chi connectivity index (χ2n) is 3.91. The van der Waals surface area contributed by atoms with Gasteiger partial charge in [0.15, 0.2) is 0 Å². The van der Waals surface area contributed by atoms with Gasteiger partial charge in [0.25, 0.3) is 0 Å². The first-order chi connectivity index (χ1) is 9.85. The van der Waals surface area contributed by atoms with Crippen LogP contribution >= 0.6 is 15.9 Å². The molecule has 0 fully saturated rings. The van der Waals surface area contributed by atoms with Gasteiger partial charge in [0.1, 0.15) is 17.2 Å². The molecule has 0 bridgehead atoms. The lowest BCUT2D eigenvalue weighted by atomic mass is 10.2. The van der Waals surface area contributed by atoms with Crippen molar-refractivity contribution in [3.8, 4) is 23.3 Å². The van der Waals surface area contributed by atoms with Crippen molar-refractivity contribution >= 4 is 15.9 Å². The zero-order valence-electron chi connectivity index (χ0n) is 10.3. The van der Waals surface area contributed by atoms with Gasteiger partial charge in [-0.25, -0.2) is 0 Å². The van der Waals surface area contributed by atoms with Crippen LogP contribution in [0.2, 0.25) is 0 Å². The molecular formula is C14H7BrF3NO2. The zero-order valence-corrected chi connectivity index (χ0v) is 11.9. The Morgan fingerprint density at radius 2 is 1.57 bits per heavy atom. The molecule has 0 aliphatic rings. The van der Waals surface area contributed by atoms with Gasteiger partial charge in [-0.1, -0.05) is 15.9 Å². The molecule has 0 heterocycles. The van der Waals surface area contributed by atoms with Crippen LogP contribution in [0.25, 0.3) is 0 Å². The first kappa shape index (κ1) is 15.2. The summed E-state index contributed by atoms with van der Waals surface area (Å²) in [5, 5.41) is 8.85. The van der Waals surface area contributed by atoms with E-state index in [1.54, 1.807) is 12.1 Å². The third-order valence-corrected chi connectivity index (χ3v) is 2.75. The van der Waals surface area contributed by atoms with E-state index in [0.29, 0.717) is 21.5 Å². The van der Waals surface area contributed by atoms with Crippen LogP contribution in [0, 0.1) is 11.3 Å². The molecule has 0 radical (unpaired) electrons. The van der Waals surface area contributed by atoms with Crippen LogP contribution in [0.4, 0.5) is 13.2 Å². The fourth-order valence-corrected chi connectivity index (χ4v) is 2.00. The van der Waals surface area contributed by atoms with Crippen LogP contribution in [-0.4, -0.2) is 6.36 Å². The third-order valence-electron chi connectivity index (χ3n) is 2.29. The SMILES string of the molecule is N#Cc1cc(Br)cc(Oc2ccc(OC(F)(F)F)cc2)c1. The topological polar surface area (TPSA) is 42.2 Å². The Labute approximate surface area is 126 Å². The standard InChI is InChI=1S/C14H7BrF3NO2/c15-10-5-9(8-19)6-13(7-10)20-11-1-3-12(4-2-11)21-14(16,17)18/h1-7H. The number of hydrogen-bond donors (Lipinski definition) is 0. The molecule has 0 N–H and O–H groups in total. The number of benzene rings is 2. The molecule has 0 amide bonds. The number of ether oxygens (including phenoxy) is 2. The molecule has 2 aromatic rings. The zero-order chi connectivity index (χ0) is 15.5. The average Bonchev–Trinajstić information content (AvgIpc) is 2.38. The van der Waals surface area contributed by atoms with Crippen molar-refractivity contribution in [3.63, 3.8) is 0 Å². The molecule has 0 saturated carbocycles. The summed E-state index contributed by atoms with van der Waals surface area (Å²) in [4.78, 5) is 0. The highest BCUT2D eigenvalue weighted by molar-refractivity contribution is 9.10. The van der Waals surface area contributed by atoms with Crippen LogP contribution < -0.4 is 9.47 Å². The molecular weight excluding hydrogens is 351 g/mol. The van der Waals surface area contributed by atoms with Crippen LogP contribution in [0.1, 0.15) is 5.56 Å². The highest BCUT2D eigenvalue weighted by atomic mass is 79.9. The molecule has 0 atom stereocenters. The van der Waals surface area contributed by atoms with Gasteiger partial charge in [-0.05, 0) is 42.5 Å². The monoisotopic (exact) mass is 357 g/mol. The molecule has 7 heteroatoms. The van der Waals surface area contributed by atoms with Crippen LogP contribution in [0.15, 0.2) is 46.9 Å². The van der Waals surface area contributed by atoms with Crippen molar-refractivity contribution in [1.29, 1.82) is 5.26 Å². The second-order valence-corrected chi connectivity index (χ2v) is 4.82. The van der Waals surface area contributed by atoms with E-state index < -0.39 is 6.36 Å². The Hall–Kier alpha value is -2.20. The molecule has 0 aliphatic heterocycles. The van der Waals surface area contributed by atoms with E-state index in [1.807, 2.05) is 6.07 Å². The van der Waals surface area contributed by atoms with E-state index in [9.17, 15) is 13.2 Å². The number of hydrogen-bond acceptors (Lipinski definition) is 3. The maximum atomic E-state index is 12.0. The van der Waals surface area contributed by atoms with Gasteiger partial charge >= 0.3 is 6.36 Å². The van der Waals surface area contributed by atoms with Gasteiger partial charge in [-0.2, -0.15) is 5.26 Å². The Morgan fingerprint density at radius 1 is 0.952 bits per heavy atom. The van der Waals surface area contributed by atoms with Gasteiger partial charge in [0.05, 0.1) is 11.6 Å². The van der Waals surface area contributed by atoms with E-state index in [-0.39, 0.29) is 5.75 Å². The maximum absolute atomic E-state index is 12.0. The minimum Gasteiger partial charge on any atom is -0.457 e. The van der Waals surface area contributed by atoms with Gasteiger partial charge in [-0.3, -0.25) is 0 Å². The van der Waals surface area contributed by atoms with Crippen molar-refractivity contribution in [2.24, 2.45) is 0 Å². The molecule has 2 aromatic carbocycles. The van der Waals surface area contributed by atoms with E-state index in [1.165, 1.54) is 18.2 Å². The summed E-state index contributed by atoms with van der Waals surface area (Å²) in [6.07, 6.45) is -4.73. The third kappa shape index (κ3) is 4.68. The van der Waals surface area contributed by atoms with Crippen LogP contribution in [0.5, 0.6) is 17.2 Å². The molecule has 2 rings (SSSR count). The first-order valence-corrected chi connectivity index (χ1v) is 6.39. The smallest absolute Gasteiger partial charge is 0.457 e. The van der Waals surface area contributed by atoms with Crippen molar-refractivity contribution in [1.82, 2.24) is 0 Å². The predicted octanol–water partition coefficient (Wildman–Crippen LogP) is 5.01. The van der Waals surface area contributed by atoms with Crippen molar-refractivity contribution < 1.29 is 22.6 Å². The summed E-state index contributed by atoms with van der Waals surface area (Å²) >= 11 is 3.24. The summed E-state index contributed by atoms with van der Waals surface area (Å²) in [6, 6.07) is 11.7. The molecule has 0 aliphatic carbocycles. The van der Waals surface area contributed by atoms with Gasteiger partial charge in [0.2, 0.25) is 0 Å². The number of nitriles is 1. The maximum Gasteiger partial charge on any atom is 0.573 e. The Morgan fingerprint density at radius 3 is 2.14 bits per heavy atom. The highest BCUT2D eigenvalue weighted by Gasteiger charge is 2.30. The van der Waals surface area contributed by atoms with E-state index in [4.69, 9.17) is 10.00 Å². The average molecular weight is 358 g/mol. The lowest BCUT2D eigenvalue weighted by Crippen LogP contribution is -2.16. The van der Waals surface area contributed by atoms with Crippen LogP contribution in [-0.2, 0) is 0 Å². The molecule has 0 aromatic heterocycles. The van der Waals surface area contributed by atoms with Gasteiger partial charge in [0, 0.05) is 4.47 Å². The largest absolute Gasteiger partial charge is 0.573 e. The molecule has 0 unspecified atom stereocenters. The van der Waals surface area contributed by atoms with E-state index >= 15 is 0 Å². The summed E-state index contributed by atoms with van der Waals surface area (Å²) in [5.74, 6) is 0.388. The lowest BCUT2D eigenvalue weighted by Gasteiger charge is -2.10. The number of halogens is 4. The van der Waals surface area contributed by atoms with Crippen LogP contribution in [0.3, 0.4) is 0 Å². The summed E-state index contributed by atoms with van der Waals surface area (Å²) < 4.78 is 46.0. The Kier molecular flexibility index (Phi) is 4.38. The molecule has 21 heavy (non-hydrogen) atoms. The minimum absolute atomic E-state index is 0.325. The Bertz CT molecular complexity index is 678. The fraction of sp³-hybridized carbons (Fsp3) is 0.0714. The predicted molar refractivity (Wildman–Crippen MR) is 72.1 cm³/mol. The quantitative estimate of drug-likeness (QED) is 0.775. The summed E-state index contributed by atoms with van der Waals surface area (Å²) in [7, 11) is 0. The number of rotatable bonds is 3. The lowest BCUT2D eigenvalue weighted by molar-refractivity contribution is -0.274. The normalized spacial score (nSPS) is 10.8. The summed E-state index contributed by atoms with van der Waals surface area (Å²) in [6.45, 7) is 0. The van der Waals surface area contributed by atoms with Crippen molar-refractivity contribution in [3.05, 3.63) is 52.5 Å². The fourth-order valence-electron chi connectivity index (χ4n) is 1.53. The van der Waals surface area contributed by atoms with Crippen molar-refractivity contribution in [2.75, 3.05) is 0 Å². The number of nitrogens with zero attached hydrogens (tertiary/aromatic N) is 1. The molecule has 0 spiro atoms. The first-order valence-electron chi connectivity index (χ1n) is 5.60. The second kappa shape index (κ2) is 6.06. The molecule has 0 saturated heterocycles. The van der Waals surface area contributed by atoms with Crippen molar-refractivity contribution in [2.45, 2.75) is 6.36 Å². The van der Waals surface area contributed by atoms with E-state index in [2.05, 4.69) is 20.7 Å². The molecule has 108 valence electrons. The minimum atomic E-state index is -4.73. The van der Waals surface area contributed by atoms with E-state index in [0.717, 1.165) is 12.1 Å². The van der Waals surface area contributed by atoms with Gasteiger partial charge in [-0.15, -0.1) is 13.2 Å².